The zero-order chi connectivity index (χ0) is 9.40. The van der Waals surface area contributed by atoms with E-state index in [1.54, 1.807) is 0 Å². The van der Waals surface area contributed by atoms with Gasteiger partial charge in [-0.2, -0.15) is 0 Å². The number of nitrogens with one attached hydrogen (secondary N) is 2. The Labute approximate surface area is 95.8 Å². The predicted molar refractivity (Wildman–Crippen MR) is 61.0 cm³/mol. The first-order chi connectivity index (χ1) is 5.72. The monoisotopic (exact) mass is 245 g/mol. The highest BCUT2D eigenvalue weighted by molar-refractivity contribution is 5.85. The van der Waals surface area contributed by atoms with Crippen LogP contribution in [0.4, 0.5) is 0 Å². The summed E-state index contributed by atoms with van der Waals surface area (Å²) in [6.45, 7) is 0.789. The summed E-state index contributed by atoms with van der Waals surface area (Å²) < 4.78 is 0. The Kier molecular flexibility index (Phi) is 17.4. The number of rotatable bonds is 7. The van der Waals surface area contributed by atoms with Gasteiger partial charge in [0, 0.05) is 12.8 Å². The second-order valence-electron chi connectivity index (χ2n) is 2.43. The lowest BCUT2D eigenvalue weighted by molar-refractivity contribution is -0.139. The smallest absolute Gasteiger partial charge is 0.320 e. The molecule has 0 aliphatic carbocycles. The Morgan fingerprint density at radius 2 is 2.14 bits per heavy atom. The summed E-state index contributed by atoms with van der Waals surface area (Å²) in [5.41, 5.74) is 5.24. The molecule has 0 rings (SSSR count). The molecule has 0 amide bonds. The van der Waals surface area contributed by atoms with Gasteiger partial charge in [0.15, 0.2) is 0 Å². The van der Waals surface area contributed by atoms with Crippen molar-refractivity contribution in [1.82, 2.24) is 5.32 Å². The van der Waals surface area contributed by atoms with Crippen molar-refractivity contribution in [3.63, 3.8) is 0 Å². The Morgan fingerprint density at radius 3 is 2.50 bits per heavy atom. The van der Waals surface area contributed by atoms with E-state index in [1.807, 2.05) is 0 Å². The van der Waals surface area contributed by atoms with Crippen molar-refractivity contribution in [1.29, 1.82) is 5.41 Å². The van der Waals surface area contributed by atoms with Crippen molar-refractivity contribution in [3.8, 4) is 0 Å². The molecule has 5 N–H and O–H groups in total. The van der Waals surface area contributed by atoms with Crippen molar-refractivity contribution in [2.75, 3.05) is 13.1 Å². The number of hydrogen-bond acceptors (Lipinski definition) is 4. The highest BCUT2D eigenvalue weighted by Gasteiger charge is 2.14. The van der Waals surface area contributed by atoms with Gasteiger partial charge in [-0.25, -0.2) is 0 Å². The van der Waals surface area contributed by atoms with Gasteiger partial charge < -0.3 is 16.2 Å². The highest BCUT2D eigenvalue weighted by atomic mass is 35.5. The van der Waals surface area contributed by atoms with E-state index in [-0.39, 0.29) is 24.8 Å². The molecule has 86 valence electrons. The van der Waals surface area contributed by atoms with Crippen molar-refractivity contribution in [2.24, 2.45) is 5.73 Å². The van der Waals surface area contributed by atoms with Crippen LogP contribution >= 0.6 is 24.8 Å². The normalized spacial score (nSPS) is 10.6. The van der Waals surface area contributed by atoms with Gasteiger partial charge in [0.25, 0.3) is 0 Å². The number of halogens is 2. The van der Waals surface area contributed by atoms with Crippen LogP contribution in [0, 0.1) is 5.41 Å². The zero-order valence-electron chi connectivity index (χ0n) is 7.73. The molecule has 0 spiro atoms. The lowest BCUT2D eigenvalue weighted by atomic mass is 10.1. The number of carbonyl (C=O) groups is 1. The molecule has 0 bridgehead atoms. The summed E-state index contributed by atoms with van der Waals surface area (Å²) in [6, 6.07) is -0.574. The second kappa shape index (κ2) is 12.6. The van der Waals surface area contributed by atoms with Gasteiger partial charge in [-0.15, -0.1) is 24.8 Å². The molecule has 0 aliphatic heterocycles. The van der Waals surface area contributed by atoms with Crippen LogP contribution in [0.2, 0.25) is 0 Å². The molecule has 0 aromatic carbocycles. The molecule has 0 radical (unpaired) electrons. The van der Waals surface area contributed by atoms with E-state index in [1.165, 1.54) is 0 Å². The molecule has 0 fully saturated rings. The largest absolute Gasteiger partial charge is 0.480 e. The van der Waals surface area contributed by atoms with Gasteiger partial charge in [-0.1, -0.05) is 0 Å². The van der Waals surface area contributed by atoms with Crippen LogP contribution in [0.15, 0.2) is 0 Å². The van der Waals surface area contributed by atoms with Crippen molar-refractivity contribution in [3.05, 3.63) is 0 Å². The molecule has 0 heterocycles. The lowest BCUT2D eigenvalue weighted by Crippen LogP contribution is -2.37. The van der Waals surface area contributed by atoms with Crippen LogP contribution in [-0.2, 0) is 4.79 Å². The van der Waals surface area contributed by atoms with E-state index in [4.69, 9.17) is 16.2 Å². The molecule has 0 aromatic heterocycles. The van der Waals surface area contributed by atoms with Gasteiger partial charge in [0.05, 0.1) is 0 Å². The fourth-order valence-corrected chi connectivity index (χ4v) is 0.836. The van der Waals surface area contributed by atoms with Crippen LogP contribution in [0.3, 0.4) is 0 Å². The fraction of sp³-hybridized carbons (Fsp3) is 0.714. The minimum absolute atomic E-state index is 0. The van der Waals surface area contributed by atoms with E-state index < -0.39 is 12.0 Å². The minimum Gasteiger partial charge on any atom is -0.480 e. The third kappa shape index (κ3) is 9.73. The number of hydrogen-bond donors (Lipinski definition) is 4. The van der Waals surface area contributed by atoms with Gasteiger partial charge in [0.2, 0.25) is 0 Å². The average Bonchev–Trinajstić information content (AvgIpc) is 2.04. The van der Waals surface area contributed by atoms with E-state index in [2.05, 4.69) is 5.32 Å². The van der Waals surface area contributed by atoms with Crippen LogP contribution < -0.4 is 11.1 Å². The molecule has 14 heavy (non-hydrogen) atoms. The molecule has 0 unspecified atom stereocenters. The summed E-state index contributed by atoms with van der Waals surface area (Å²) in [5, 5.41) is 18.1. The van der Waals surface area contributed by atoms with Crippen molar-refractivity contribution >= 4 is 37.0 Å². The maximum Gasteiger partial charge on any atom is 0.320 e. The van der Waals surface area contributed by atoms with Crippen LogP contribution in [0.25, 0.3) is 0 Å². The minimum atomic E-state index is -0.884. The Balaban J connectivity index is -0.000000605. The topological polar surface area (TPSA) is 99.2 Å². The summed E-state index contributed by atoms with van der Waals surface area (Å²) >= 11 is 0. The van der Waals surface area contributed by atoms with E-state index in [9.17, 15) is 4.79 Å². The molecule has 0 aliphatic rings. The molecule has 5 nitrogen and oxygen atoms in total. The molecular formula is C7H17Cl2N3O2. The summed E-state index contributed by atoms with van der Waals surface area (Å²) in [7, 11) is 0. The quantitative estimate of drug-likeness (QED) is 0.484. The van der Waals surface area contributed by atoms with Crippen molar-refractivity contribution < 1.29 is 9.90 Å². The second-order valence-corrected chi connectivity index (χ2v) is 2.43. The summed E-state index contributed by atoms with van der Waals surface area (Å²) in [5.74, 6) is -0.884. The zero-order valence-corrected chi connectivity index (χ0v) is 9.37. The number of carboxylic acids is 1. The Hall–Kier alpha value is -0.360. The maximum absolute atomic E-state index is 10.5. The van der Waals surface area contributed by atoms with Gasteiger partial charge in [0.1, 0.15) is 6.04 Å². The first-order valence-corrected chi connectivity index (χ1v) is 3.87. The number of aliphatic carboxylic acids is 1. The first kappa shape index (κ1) is 19.2. The maximum atomic E-state index is 10.5. The molecule has 7 heteroatoms. The Morgan fingerprint density at radius 1 is 1.57 bits per heavy atom. The third-order valence-corrected chi connectivity index (χ3v) is 1.46. The Bertz CT molecular complexity index is 158. The number of nitrogens with two attached hydrogens (primary N) is 1. The lowest BCUT2D eigenvalue weighted by Gasteiger charge is -2.11. The summed E-state index contributed by atoms with van der Waals surface area (Å²) in [6.07, 6.45) is 2.33. The van der Waals surface area contributed by atoms with E-state index >= 15 is 0 Å². The van der Waals surface area contributed by atoms with E-state index in [0.29, 0.717) is 25.9 Å². The fourth-order valence-electron chi connectivity index (χ4n) is 0.836. The molecule has 1 atom stereocenters. The molecule has 0 saturated heterocycles. The highest BCUT2D eigenvalue weighted by Crippen LogP contribution is 1.95. The van der Waals surface area contributed by atoms with Gasteiger partial charge in [-0.3, -0.25) is 10.1 Å². The van der Waals surface area contributed by atoms with Crippen LogP contribution in [-0.4, -0.2) is 36.4 Å². The predicted octanol–water partition coefficient (Wildman–Crippen LogP) is 0.261. The van der Waals surface area contributed by atoms with Gasteiger partial charge >= 0.3 is 5.97 Å². The average molecular weight is 246 g/mol. The third-order valence-electron chi connectivity index (χ3n) is 1.46. The standard InChI is InChI=1S/C7H15N3O2.2ClH/c8-3-1-2-6(7(11)12)10-5-4-9;;/h4,6,9-10H,1-3,5,8H2,(H,11,12);2*1H/t6-;;/m0../s1. The van der Waals surface area contributed by atoms with Crippen molar-refractivity contribution in [2.45, 2.75) is 18.9 Å². The van der Waals surface area contributed by atoms with E-state index in [0.717, 1.165) is 6.21 Å². The van der Waals surface area contributed by atoms with Crippen LogP contribution in [0.5, 0.6) is 0 Å². The number of carboxylic acid groups (broad SMARTS) is 1. The molecule has 0 saturated carbocycles. The van der Waals surface area contributed by atoms with Crippen LogP contribution in [0.1, 0.15) is 12.8 Å². The SMILES string of the molecule is Cl.Cl.N=CCN[C@@H](CCCN)C(=O)O. The first-order valence-electron chi connectivity index (χ1n) is 3.87. The molecular weight excluding hydrogens is 229 g/mol. The molecule has 0 aromatic rings. The van der Waals surface area contributed by atoms with Gasteiger partial charge in [-0.05, 0) is 19.4 Å². The summed E-state index contributed by atoms with van der Waals surface area (Å²) in [4.78, 5) is 10.5.